The minimum Gasteiger partial charge on any atom is -0.386 e. The van der Waals surface area contributed by atoms with Gasteiger partial charge in [-0.25, -0.2) is 9.55 Å². The molecular formula is C10H17N2O4P. The molecule has 0 radical (unpaired) electrons. The van der Waals surface area contributed by atoms with Crippen molar-refractivity contribution in [2.45, 2.75) is 33.6 Å². The zero-order chi connectivity index (χ0) is 13.1. The third-order valence-corrected chi connectivity index (χ3v) is 2.87. The molecule has 0 spiro atoms. The van der Waals surface area contributed by atoms with Gasteiger partial charge in [-0.3, -0.25) is 9.42 Å². The Labute approximate surface area is 101 Å². The van der Waals surface area contributed by atoms with Crippen LogP contribution in [0.1, 0.15) is 38.2 Å². The minimum absolute atomic E-state index is 0.0560. The summed E-state index contributed by atoms with van der Waals surface area (Å²) >= 11 is 0. The second-order valence-electron chi connectivity index (χ2n) is 3.84. The van der Waals surface area contributed by atoms with Gasteiger partial charge in [0.25, 0.3) is 0 Å². The lowest BCUT2D eigenvalue weighted by Crippen LogP contribution is -2.04. The number of phosphoric ester groups is 1. The first-order valence-corrected chi connectivity index (χ1v) is 6.86. The lowest BCUT2D eigenvalue weighted by atomic mass is 10.2. The van der Waals surface area contributed by atoms with Crippen LogP contribution < -0.4 is 4.52 Å². The molecule has 0 saturated heterocycles. The van der Waals surface area contributed by atoms with E-state index in [-0.39, 0.29) is 18.4 Å². The molecule has 0 fully saturated rings. The van der Waals surface area contributed by atoms with E-state index in [4.69, 9.17) is 4.52 Å². The Hall–Kier alpha value is -0.970. The van der Waals surface area contributed by atoms with Crippen molar-refractivity contribution in [3.05, 3.63) is 17.6 Å². The molecule has 0 bridgehead atoms. The van der Waals surface area contributed by atoms with Crippen molar-refractivity contribution in [1.29, 1.82) is 0 Å². The second-order valence-corrected chi connectivity index (χ2v) is 5.22. The van der Waals surface area contributed by atoms with Crippen molar-refractivity contribution < 1.29 is 18.5 Å². The van der Waals surface area contributed by atoms with Crippen molar-refractivity contribution in [2.24, 2.45) is 0 Å². The molecule has 1 unspecified atom stereocenters. The highest BCUT2D eigenvalue weighted by atomic mass is 31.2. The van der Waals surface area contributed by atoms with Crippen molar-refractivity contribution in [3.63, 3.8) is 0 Å². The van der Waals surface area contributed by atoms with E-state index >= 15 is 0 Å². The van der Waals surface area contributed by atoms with Gasteiger partial charge in [0.05, 0.1) is 6.61 Å². The van der Waals surface area contributed by atoms with Crippen LogP contribution in [0.3, 0.4) is 0 Å². The molecule has 7 heteroatoms. The van der Waals surface area contributed by atoms with Crippen molar-refractivity contribution in [1.82, 2.24) is 9.97 Å². The predicted octanol–water partition coefficient (Wildman–Crippen LogP) is 2.42. The molecule has 17 heavy (non-hydrogen) atoms. The van der Waals surface area contributed by atoms with Gasteiger partial charge in [0.2, 0.25) is 5.88 Å². The van der Waals surface area contributed by atoms with E-state index in [9.17, 15) is 9.46 Å². The number of aryl methyl sites for hydroxylation is 1. The Kier molecular flexibility index (Phi) is 4.62. The first-order chi connectivity index (χ1) is 7.84. The summed E-state index contributed by atoms with van der Waals surface area (Å²) in [5.41, 5.74) is 0.676. The molecule has 1 heterocycles. The van der Waals surface area contributed by atoms with Crippen molar-refractivity contribution >= 4 is 7.82 Å². The quantitative estimate of drug-likeness (QED) is 0.819. The van der Waals surface area contributed by atoms with Crippen molar-refractivity contribution in [3.8, 4) is 5.88 Å². The topological polar surface area (TPSA) is 81.5 Å². The minimum atomic E-state index is -4.07. The zero-order valence-electron chi connectivity index (χ0n) is 10.4. The van der Waals surface area contributed by atoms with E-state index in [1.807, 2.05) is 13.8 Å². The smallest absolute Gasteiger partial charge is 0.386 e. The molecule has 0 aromatic carbocycles. The zero-order valence-corrected chi connectivity index (χ0v) is 11.3. The van der Waals surface area contributed by atoms with Gasteiger partial charge < -0.3 is 4.52 Å². The van der Waals surface area contributed by atoms with Crippen molar-refractivity contribution in [2.75, 3.05) is 6.61 Å². The van der Waals surface area contributed by atoms with E-state index in [2.05, 4.69) is 14.5 Å². The molecule has 1 aromatic heterocycles. The summed E-state index contributed by atoms with van der Waals surface area (Å²) in [7, 11) is -4.07. The number of aromatic nitrogens is 2. The molecule has 1 atom stereocenters. The average molecular weight is 260 g/mol. The molecular weight excluding hydrogens is 243 g/mol. The second kappa shape index (κ2) is 5.58. The summed E-state index contributed by atoms with van der Waals surface area (Å²) in [6.45, 7) is 7.33. The fourth-order valence-corrected chi connectivity index (χ4v) is 1.88. The summed E-state index contributed by atoms with van der Waals surface area (Å²) < 4.78 is 20.9. The summed E-state index contributed by atoms with van der Waals surface area (Å²) in [5.74, 6) is 0.736. The van der Waals surface area contributed by atoms with Crippen LogP contribution >= 0.6 is 7.82 Å². The maximum Gasteiger partial charge on any atom is 0.528 e. The van der Waals surface area contributed by atoms with Crippen LogP contribution in [0.25, 0.3) is 0 Å². The summed E-state index contributed by atoms with van der Waals surface area (Å²) in [5, 5.41) is 0. The summed E-state index contributed by atoms with van der Waals surface area (Å²) in [4.78, 5) is 17.6. The lowest BCUT2D eigenvalue weighted by molar-refractivity contribution is 0.210. The van der Waals surface area contributed by atoms with Crippen LogP contribution in [0.15, 0.2) is 6.07 Å². The molecule has 1 N–H and O–H groups in total. The van der Waals surface area contributed by atoms with Crippen LogP contribution in [-0.4, -0.2) is 21.5 Å². The van der Waals surface area contributed by atoms with Gasteiger partial charge >= 0.3 is 7.82 Å². The fourth-order valence-electron chi connectivity index (χ4n) is 1.17. The highest BCUT2D eigenvalue weighted by molar-refractivity contribution is 7.47. The standard InChI is InChI=1S/C10H17N2O4P/c1-5-15-17(13,14)16-9-6-8(4)11-10(12-9)7(2)3/h6-7H,5H2,1-4H3,(H,13,14). The predicted molar refractivity (Wildman–Crippen MR) is 62.9 cm³/mol. The molecule has 0 saturated carbocycles. The van der Waals surface area contributed by atoms with Gasteiger partial charge in [0.15, 0.2) is 0 Å². The van der Waals surface area contributed by atoms with Gasteiger partial charge in [-0.1, -0.05) is 13.8 Å². The Bertz CT molecular complexity index is 436. The largest absolute Gasteiger partial charge is 0.528 e. The third-order valence-electron chi connectivity index (χ3n) is 1.87. The summed E-state index contributed by atoms with van der Waals surface area (Å²) in [6, 6.07) is 1.49. The Morgan fingerprint density at radius 1 is 1.47 bits per heavy atom. The molecule has 96 valence electrons. The highest BCUT2D eigenvalue weighted by Gasteiger charge is 2.23. The monoisotopic (exact) mass is 260 g/mol. The number of hydrogen-bond donors (Lipinski definition) is 1. The maximum atomic E-state index is 11.4. The van der Waals surface area contributed by atoms with Gasteiger partial charge in [0, 0.05) is 17.7 Å². The lowest BCUT2D eigenvalue weighted by Gasteiger charge is -2.13. The Morgan fingerprint density at radius 2 is 2.12 bits per heavy atom. The molecule has 0 amide bonds. The van der Waals surface area contributed by atoms with E-state index in [0.29, 0.717) is 11.5 Å². The summed E-state index contributed by atoms with van der Waals surface area (Å²) in [6.07, 6.45) is 0. The average Bonchev–Trinajstić information content (AvgIpc) is 2.15. The van der Waals surface area contributed by atoms with E-state index in [1.165, 1.54) is 6.07 Å². The third kappa shape index (κ3) is 4.42. The normalized spacial score (nSPS) is 14.7. The first kappa shape index (κ1) is 14.1. The highest BCUT2D eigenvalue weighted by Crippen LogP contribution is 2.43. The number of nitrogens with zero attached hydrogens (tertiary/aromatic N) is 2. The van der Waals surface area contributed by atoms with Crippen LogP contribution in [0.2, 0.25) is 0 Å². The number of phosphoric acid groups is 1. The molecule has 6 nitrogen and oxygen atoms in total. The van der Waals surface area contributed by atoms with E-state index in [1.54, 1.807) is 13.8 Å². The molecule has 0 aliphatic heterocycles. The molecule has 1 rings (SSSR count). The molecule has 0 aliphatic rings. The van der Waals surface area contributed by atoms with Gasteiger partial charge in [-0.2, -0.15) is 4.98 Å². The number of hydrogen-bond acceptors (Lipinski definition) is 5. The van der Waals surface area contributed by atoms with Crippen LogP contribution in [0, 0.1) is 6.92 Å². The van der Waals surface area contributed by atoms with Crippen LogP contribution in [-0.2, 0) is 9.09 Å². The number of rotatable bonds is 5. The molecule has 1 aromatic rings. The van der Waals surface area contributed by atoms with Crippen LogP contribution in [0.4, 0.5) is 0 Å². The molecule has 0 aliphatic carbocycles. The van der Waals surface area contributed by atoms with Crippen LogP contribution in [0.5, 0.6) is 5.88 Å². The Morgan fingerprint density at radius 3 is 2.65 bits per heavy atom. The van der Waals surface area contributed by atoms with Gasteiger partial charge in [-0.05, 0) is 13.8 Å². The van der Waals surface area contributed by atoms with Gasteiger partial charge in [0.1, 0.15) is 5.82 Å². The van der Waals surface area contributed by atoms with Gasteiger partial charge in [-0.15, -0.1) is 0 Å². The SMILES string of the molecule is CCOP(=O)(O)Oc1cc(C)nc(C(C)C)n1. The Balaban J connectivity index is 2.95. The fraction of sp³-hybridized carbons (Fsp3) is 0.600. The maximum absolute atomic E-state index is 11.4. The van der Waals surface area contributed by atoms with E-state index in [0.717, 1.165) is 0 Å². The first-order valence-electron chi connectivity index (χ1n) is 5.36. The van der Waals surface area contributed by atoms with E-state index < -0.39 is 7.82 Å².